The second-order valence-corrected chi connectivity index (χ2v) is 7.34. The topological polar surface area (TPSA) is 72.6 Å². The van der Waals surface area contributed by atoms with Gasteiger partial charge in [-0.25, -0.2) is 8.42 Å². The van der Waals surface area contributed by atoms with Crippen molar-refractivity contribution < 1.29 is 13.2 Å². The molecule has 19 heavy (non-hydrogen) atoms. The van der Waals surface area contributed by atoms with Crippen molar-refractivity contribution in [1.29, 1.82) is 0 Å². The summed E-state index contributed by atoms with van der Waals surface area (Å²) in [5.74, 6) is 0. The highest BCUT2D eigenvalue weighted by molar-refractivity contribution is 9.10. The number of benzene rings is 1. The van der Waals surface area contributed by atoms with Gasteiger partial charge in [-0.05, 0) is 31.0 Å². The van der Waals surface area contributed by atoms with E-state index in [-0.39, 0.29) is 16.7 Å². The zero-order valence-corrected chi connectivity index (χ0v) is 13.1. The van der Waals surface area contributed by atoms with Gasteiger partial charge in [0, 0.05) is 24.7 Å². The Kier molecular flexibility index (Phi) is 4.50. The molecule has 0 saturated carbocycles. The van der Waals surface area contributed by atoms with E-state index >= 15 is 0 Å². The van der Waals surface area contributed by atoms with Gasteiger partial charge in [0.15, 0.2) is 0 Å². The number of rotatable bonds is 3. The maximum absolute atomic E-state index is 12.5. The minimum atomic E-state index is -3.52. The Balaban J connectivity index is 2.26. The lowest BCUT2D eigenvalue weighted by Crippen LogP contribution is -2.40. The Labute approximate surface area is 121 Å². The van der Waals surface area contributed by atoms with Gasteiger partial charge in [-0.15, -0.1) is 0 Å². The van der Waals surface area contributed by atoms with Crippen LogP contribution in [0.1, 0.15) is 12.8 Å². The van der Waals surface area contributed by atoms with Gasteiger partial charge in [-0.2, -0.15) is 4.31 Å². The van der Waals surface area contributed by atoms with Crippen LogP contribution >= 0.6 is 15.9 Å². The molecule has 0 aliphatic carbocycles. The monoisotopic (exact) mass is 348 g/mol. The summed E-state index contributed by atoms with van der Waals surface area (Å²) in [6.45, 7) is 0.930. The Bertz CT molecular complexity index is 554. The molecule has 5 nitrogen and oxygen atoms in total. The number of nitrogen functional groups attached to an aromatic ring is 1. The van der Waals surface area contributed by atoms with Crippen molar-refractivity contribution in [3.8, 4) is 0 Å². The number of methoxy groups -OCH3 is 1. The summed E-state index contributed by atoms with van der Waals surface area (Å²) in [5.41, 5.74) is 6.06. The van der Waals surface area contributed by atoms with Crippen LogP contribution in [-0.2, 0) is 14.8 Å². The van der Waals surface area contributed by atoms with Crippen LogP contribution in [0.4, 0.5) is 5.69 Å². The molecule has 1 fully saturated rings. The van der Waals surface area contributed by atoms with Crippen LogP contribution < -0.4 is 5.73 Å². The number of nitrogens with two attached hydrogens (primary N) is 1. The Hall–Kier alpha value is -0.630. The van der Waals surface area contributed by atoms with Crippen LogP contribution in [-0.4, -0.2) is 39.0 Å². The maximum Gasteiger partial charge on any atom is 0.245 e. The lowest BCUT2D eigenvalue weighted by molar-refractivity contribution is 0.0604. The quantitative estimate of drug-likeness (QED) is 0.845. The number of hydrogen-bond donors (Lipinski definition) is 1. The third-order valence-electron chi connectivity index (χ3n) is 3.33. The van der Waals surface area contributed by atoms with Gasteiger partial charge in [0.25, 0.3) is 0 Å². The van der Waals surface area contributed by atoms with Crippen molar-refractivity contribution in [2.24, 2.45) is 0 Å². The van der Waals surface area contributed by atoms with Gasteiger partial charge in [-0.3, -0.25) is 0 Å². The highest BCUT2D eigenvalue weighted by Crippen LogP contribution is 2.28. The van der Waals surface area contributed by atoms with Crippen molar-refractivity contribution in [2.75, 3.05) is 25.9 Å². The third kappa shape index (κ3) is 3.10. The maximum atomic E-state index is 12.5. The first-order valence-corrected chi connectivity index (χ1v) is 8.26. The average Bonchev–Trinajstić information content (AvgIpc) is 2.41. The molecule has 2 N–H and O–H groups in total. The summed E-state index contributed by atoms with van der Waals surface area (Å²) >= 11 is 3.28. The van der Waals surface area contributed by atoms with E-state index in [4.69, 9.17) is 10.5 Å². The van der Waals surface area contributed by atoms with Crippen molar-refractivity contribution in [1.82, 2.24) is 4.31 Å². The van der Waals surface area contributed by atoms with Crippen molar-refractivity contribution in [3.05, 3.63) is 22.7 Å². The molecule has 1 aliphatic heterocycles. The number of piperidine rings is 1. The third-order valence-corrected chi connectivity index (χ3v) is 5.78. The Morgan fingerprint density at radius 2 is 2.00 bits per heavy atom. The molecule has 0 atom stereocenters. The molecule has 7 heteroatoms. The number of nitrogens with zero attached hydrogens (tertiary/aromatic N) is 1. The van der Waals surface area contributed by atoms with E-state index in [2.05, 4.69) is 15.9 Å². The van der Waals surface area contributed by atoms with Crippen LogP contribution in [0.2, 0.25) is 0 Å². The zero-order chi connectivity index (χ0) is 14.0. The number of ether oxygens (including phenoxy) is 1. The van der Waals surface area contributed by atoms with Crippen LogP contribution in [0.15, 0.2) is 27.6 Å². The summed E-state index contributed by atoms with van der Waals surface area (Å²) in [6, 6.07) is 4.87. The van der Waals surface area contributed by atoms with Gasteiger partial charge in [0.05, 0.1) is 11.8 Å². The molecule has 106 valence electrons. The lowest BCUT2D eigenvalue weighted by Gasteiger charge is -2.30. The SMILES string of the molecule is COC1CCN(S(=O)(=O)c2cc(Br)ccc2N)CC1. The molecule has 1 saturated heterocycles. The fraction of sp³-hybridized carbons (Fsp3) is 0.500. The number of halogens is 1. The minimum Gasteiger partial charge on any atom is -0.398 e. The van der Waals surface area contributed by atoms with Gasteiger partial charge < -0.3 is 10.5 Å². The minimum absolute atomic E-state index is 0.145. The Morgan fingerprint density at radius 3 is 2.58 bits per heavy atom. The first kappa shape index (κ1) is 14.8. The summed E-state index contributed by atoms with van der Waals surface area (Å²) in [6.07, 6.45) is 1.57. The molecule has 0 unspecified atom stereocenters. The van der Waals surface area contributed by atoms with E-state index in [1.165, 1.54) is 4.31 Å². The molecule has 1 aromatic rings. The van der Waals surface area contributed by atoms with E-state index in [0.29, 0.717) is 30.4 Å². The molecular weight excluding hydrogens is 332 g/mol. The second kappa shape index (κ2) is 5.78. The summed E-state index contributed by atoms with van der Waals surface area (Å²) in [7, 11) is -1.87. The standard InChI is InChI=1S/C12H17BrN2O3S/c1-18-10-4-6-15(7-5-10)19(16,17)12-8-9(13)2-3-11(12)14/h2-3,8,10H,4-7,14H2,1H3. The molecule has 0 spiro atoms. The van der Waals surface area contributed by atoms with Crippen LogP contribution in [0.5, 0.6) is 0 Å². The van der Waals surface area contributed by atoms with Gasteiger partial charge >= 0.3 is 0 Å². The highest BCUT2D eigenvalue weighted by atomic mass is 79.9. The molecule has 0 radical (unpaired) electrons. The number of hydrogen-bond acceptors (Lipinski definition) is 4. The van der Waals surface area contributed by atoms with E-state index in [9.17, 15) is 8.42 Å². The number of anilines is 1. The van der Waals surface area contributed by atoms with Crippen molar-refractivity contribution in [3.63, 3.8) is 0 Å². The highest BCUT2D eigenvalue weighted by Gasteiger charge is 2.30. The first-order chi connectivity index (χ1) is 8.95. The second-order valence-electron chi connectivity index (χ2n) is 4.52. The lowest BCUT2D eigenvalue weighted by atomic mass is 10.1. The predicted octanol–water partition coefficient (Wildman–Crippen LogP) is 1.83. The van der Waals surface area contributed by atoms with E-state index in [1.807, 2.05) is 0 Å². The largest absolute Gasteiger partial charge is 0.398 e. The summed E-state index contributed by atoms with van der Waals surface area (Å²) < 4.78 is 32.5. The Morgan fingerprint density at radius 1 is 1.37 bits per heavy atom. The van der Waals surface area contributed by atoms with Gasteiger partial charge in [0.1, 0.15) is 4.90 Å². The molecule has 1 aliphatic rings. The summed E-state index contributed by atoms with van der Waals surface area (Å²) in [5, 5.41) is 0. The smallest absolute Gasteiger partial charge is 0.245 e. The van der Waals surface area contributed by atoms with Gasteiger partial charge in [0.2, 0.25) is 10.0 Å². The molecule has 0 aromatic heterocycles. The van der Waals surface area contributed by atoms with Crippen molar-refractivity contribution in [2.45, 2.75) is 23.8 Å². The number of sulfonamides is 1. The molecule has 1 heterocycles. The van der Waals surface area contributed by atoms with E-state index < -0.39 is 10.0 Å². The normalized spacial score (nSPS) is 18.6. The zero-order valence-electron chi connectivity index (χ0n) is 10.7. The first-order valence-electron chi connectivity index (χ1n) is 6.03. The molecular formula is C12H17BrN2O3S. The average molecular weight is 349 g/mol. The molecule has 0 bridgehead atoms. The molecule has 2 rings (SSSR count). The van der Waals surface area contributed by atoms with E-state index in [0.717, 1.165) is 0 Å². The predicted molar refractivity (Wildman–Crippen MR) is 77.3 cm³/mol. The molecule has 1 aromatic carbocycles. The fourth-order valence-electron chi connectivity index (χ4n) is 2.18. The van der Waals surface area contributed by atoms with Crippen LogP contribution in [0.3, 0.4) is 0 Å². The fourth-order valence-corrected chi connectivity index (χ4v) is 4.30. The summed E-state index contributed by atoms with van der Waals surface area (Å²) in [4.78, 5) is 0.165. The van der Waals surface area contributed by atoms with Crippen LogP contribution in [0, 0.1) is 0 Å². The van der Waals surface area contributed by atoms with Gasteiger partial charge in [-0.1, -0.05) is 15.9 Å². The van der Waals surface area contributed by atoms with E-state index in [1.54, 1.807) is 25.3 Å². The van der Waals surface area contributed by atoms with Crippen LogP contribution in [0.25, 0.3) is 0 Å². The molecule has 0 amide bonds. The van der Waals surface area contributed by atoms with Crippen molar-refractivity contribution >= 4 is 31.6 Å².